The Hall–Kier alpha value is -0.450. The van der Waals surface area contributed by atoms with Crippen molar-refractivity contribution in [3.63, 3.8) is 0 Å². The first-order chi connectivity index (χ1) is 8.26. The minimum Gasteiger partial charge on any atom is -0.271 e. The second-order valence-electron chi connectivity index (χ2n) is 5.43. The fraction of sp³-hybridized carbons (Fsp3) is 0.615. The van der Waals surface area contributed by atoms with Crippen LogP contribution in [0.15, 0.2) is 22.8 Å². The Balaban J connectivity index is 1.63. The summed E-state index contributed by atoms with van der Waals surface area (Å²) in [4.78, 5) is 4.43. The largest absolute Gasteiger partial charge is 0.271 e. The highest BCUT2D eigenvalue weighted by atomic mass is 79.9. The maximum Gasteiger partial charge on any atom is 0.0420 e. The van der Waals surface area contributed by atoms with Gasteiger partial charge in [0.05, 0.1) is 0 Å². The first-order valence-corrected chi connectivity index (χ1v) is 7.12. The number of hydrazine groups is 1. The highest BCUT2D eigenvalue weighted by Crippen LogP contribution is 2.55. The van der Waals surface area contributed by atoms with E-state index in [0.29, 0.717) is 6.04 Å². The smallest absolute Gasteiger partial charge is 0.0420 e. The van der Waals surface area contributed by atoms with Gasteiger partial charge in [-0.25, -0.2) is 0 Å². The Bertz CT molecular complexity index is 382. The minimum absolute atomic E-state index is 0.386. The van der Waals surface area contributed by atoms with E-state index in [0.717, 1.165) is 34.3 Å². The zero-order chi connectivity index (χ0) is 11.8. The molecule has 17 heavy (non-hydrogen) atoms. The maximum absolute atomic E-state index is 5.70. The van der Waals surface area contributed by atoms with Gasteiger partial charge in [-0.1, -0.05) is 0 Å². The lowest BCUT2D eigenvalue weighted by atomic mass is 9.91. The average molecular weight is 296 g/mol. The van der Waals surface area contributed by atoms with Crippen LogP contribution in [0.2, 0.25) is 0 Å². The predicted octanol–water partition coefficient (Wildman–Crippen LogP) is 2.26. The van der Waals surface area contributed by atoms with Crippen LogP contribution in [0.4, 0.5) is 0 Å². The first-order valence-electron chi connectivity index (χ1n) is 6.33. The van der Waals surface area contributed by atoms with Crippen LogP contribution in [0.3, 0.4) is 0 Å². The molecule has 92 valence electrons. The molecule has 4 heteroatoms. The van der Waals surface area contributed by atoms with E-state index < -0.39 is 0 Å². The molecular weight excluding hydrogens is 278 g/mol. The van der Waals surface area contributed by atoms with Gasteiger partial charge in [-0.3, -0.25) is 16.3 Å². The molecule has 2 fully saturated rings. The topological polar surface area (TPSA) is 50.9 Å². The van der Waals surface area contributed by atoms with Gasteiger partial charge in [0.2, 0.25) is 0 Å². The summed E-state index contributed by atoms with van der Waals surface area (Å²) in [5, 5.41) is 0. The number of nitrogens with zero attached hydrogens (tertiary/aromatic N) is 1. The SMILES string of the molecule is NNC(Cc1ccc(Br)cn1)C1CC2CC2C1. The number of fused-ring (bicyclic) bond motifs is 1. The van der Waals surface area contributed by atoms with Gasteiger partial charge in [0, 0.05) is 28.8 Å². The molecule has 1 heterocycles. The number of rotatable bonds is 4. The molecule has 3 rings (SSSR count). The number of nitrogens with one attached hydrogen (secondary N) is 1. The molecule has 0 saturated heterocycles. The Morgan fingerprint density at radius 3 is 2.71 bits per heavy atom. The Labute approximate surface area is 110 Å². The van der Waals surface area contributed by atoms with E-state index in [1.165, 1.54) is 19.3 Å². The van der Waals surface area contributed by atoms with Crippen LogP contribution in [0, 0.1) is 17.8 Å². The predicted molar refractivity (Wildman–Crippen MR) is 71.1 cm³/mol. The van der Waals surface area contributed by atoms with Gasteiger partial charge in [0.25, 0.3) is 0 Å². The van der Waals surface area contributed by atoms with E-state index in [2.05, 4.69) is 32.4 Å². The minimum atomic E-state index is 0.386. The second-order valence-corrected chi connectivity index (χ2v) is 6.35. The molecule has 0 aliphatic heterocycles. The van der Waals surface area contributed by atoms with Crippen LogP contribution in [-0.4, -0.2) is 11.0 Å². The summed E-state index contributed by atoms with van der Waals surface area (Å²) in [5.41, 5.74) is 4.12. The molecule has 3 unspecified atom stereocenters. The molecule has 3 atom stereocenters. The van der Waals surface area contributed by atoms with Crippen molar-refractivity contribution >= 4 is 15.9 Å². The van der Waals surface area contributed by atoms with E-state index >= 15 is 0 Å². The zero-order valence-electron chi connectivity index (χ0n) is 9.77. The fourth-order valence-corrected chi connectivity index (χ4v) is 3.44. The van der Waals surface area contributed by atoms with Crippen molar-refractivity contribution in [1.82, 2.24) is 10.4 Å². The van der Waals surface area contributed by atoms with Crippen molar-refractivity contribution in [2.24, 2.45) is 23.6 Å². The molecule has 0 amide bonds. The van der Waals surface area contributed by atoms with E-state index in [-0.39, 0.29) is 0 Å². The van der Waals surface area contributed by atoms with Gasteiger partial charge >= 0.3 is 0 Å². The molecule has 2 saturated carbocycles. The van der Waals surface area contributed by atoms with Gasteiger partial charge in [-0.2, -0.15) is 0 Å². The van der Waals surface area contributed by atoms with Gasteiger partial charge < -0.3 is 0 Å². The summed E-state index contributed by atoms with van der Waals surface area (Å²) < 4.78 is 1.03. The molecule has 0 spiro atoms. The molecule has 2 aliphatic carbocycles. The molecule has 2 aliphatic rings. The van der Waals surface area contributed by atoms with Crippen molar-refractivity contribution in [1.29, 1.82) is 0 Å². The monoisotopic (exact) mass is 295 g/mol. The molecule has 0 radical (unpaired) electrons. The Kier molecular flexibility index (Phi) is 3.19. The Morgan fingerprint density at radius 1 is 1.35 bits per heavy atom. The summed E-state index contributed by atoms with van der Waals surface area (Å²) in [5.74, 6) is 8.46. The highest BCUT2D eigenvalue weighted by molar-refractivity contribution is 9.10. The summed E-state index contributed by atoms with van der Waals surface area (Å²) in [7, 11) is 0. The normalized spacial score (nSPS) is 32.2. The van der Waals surface area contributed by atoms with E-state index in [4.69, 9.17) is 5.84 Å². The van der Waals surface area contributed by atoms with Crippen LogP contribution < -0.4 is 11.3 Å². The zero-order valence-corrected chi connectivity index (χ0v) is 11.4. The van der Waals surface area contributed by atoms with Crippen molar-refractivity contribution < 1.29 is 0 Å². The summed E-state index contributed by atoms with van der Waals surface area (Å²) in [6.45, 7) is 0. The highest BCUT2D eigenvalue weighted by Gasteiger charge is 2.47. The average Bonchev–Trinajstić information content (AvgIpc) is 2.95. The molecule has 0 aromatic carbocycles. The maximum atomic E-state index is 5.70. The number of nitrogens with two attached hydrogens (primary N) is 1. The quantitative estimate of drug-likeness (QED) is 0.662. The van der Waals surface area contributed by atoms with Gasteiger partial charge in [-0.15, -0.1) is 0 Å². The van der Waals surface area contributed by atoms with Gasteiger partial charge in [0.1, 0.15) is 0 Å². The number of aromatic nitrogens is 1. The molecule has 1 aromatic rings. The molecule has 3 N–H and O–H groups in total. The van der Waals surface area contributed by atoms with Crippen molar-refractivity contribution in [3.05, 3.63) is 28.5 Å². The number of hydrogen-bond acceptors (Lipinski definition) is 3. The van der Waals surface area contributed by atoms with Crippen LogP contribution in [-0.2, 0) is 6.42 Å². The lowest BCUT2D eigenvalue weighted by Crippen LogP contribution is -2.42. The number of hydrogen-bond donors (Lipinski definition) is 2. The lowest BCUT2D eigenvalue weighted by Gasteiger charge is -2.23. The van der Waals surface area contributed by atoms with Crippen LogP contribution >= 0.6 is 15.9 Å². The van der Waals surface area contributed by atoms with Crippen molar-refractivity contribution in [3.8, 4) is 0 Å². The van der Waals surface area contributed by atoms with Crippen molar-refractivity contribution in [2.45, 2.75) is 31.7 Å². The van der Waals surface area contributed by atoms with Crippen LogP contribution in [0.5, 0.6) is 0 Å². The second kappa shape index (κ2) is 4.67. The third-order valence-electron chi connectivity index (χ3n) is 4.28. The Morgan fingerprint density at radius 2 is 2.12 bits per heavy atom. The van der Waals surface area contributed by atoms with Crippen LogP contribution in [0.1, 0.15) is 25.0 Å². The number of pyridine rings is 1. The summed E-state index contributed by atoms with van der Waals surface area (Å²) >= 11 is 3.41. The van der Waals surface area contributed by atoms with E-state index in [1.807, 2.05) is 12.3 Å². The van der Waals surface area contributed by atoms with Gasteiger partial charge in [-0.05, 0) is 65.1 Å². The number of halogens is 1. The third kappa shape index (κ3) is 2.54. The fourth-order valence-electron chi connectivity index (χ4n) is 3.20. The van der Waals surface area contributed by atoms with E-state index in [9.17, 15) is 0 Å². The molecule has 3 nitrogen and oxygen atoms in total. The third-order valence-corrected chi connectivity index (χ3v) is 4.75. The standard InChI is InChI=1S/C13H18BrN3/c14-11-1-2-12(16-7-11)6-13(17-15)10-4-8-3-9(8)5-10/h1-2,7-10,13,17H,3-6,15H2. The summed E-state index contributed by atoms with van der Waals surface area (Å²) in [6, 6.07) is 4.50. The molecule has 1 aromatic heterocycles. The van der Waals surface area contributed by atoms with Crippen molar-refractivity contribution in [2.75, 3.05) is 0 Å². The molecular formula is C13H18BrN3. The lowest BCUT2D eigenvalue weighted by molar-refractivity contribution is 0.334. The van der Waals surface area contributed by atoms with Crippen LogP contribution in [0.25, 0.3) is 0 Å². The summed E-state index contributed by atoms with van der Waals surface area (Å²) in [6.07, 6.45) is 6.97. The molecule has 0 bridgehead atoms. The van der Waals surface area contributed by atoms with E-state index in [1.54, 1.807) is 0 Å². The van der Waals surface area contributed by atoms with Gasteiger partial charge in [0.15, 0.2) is 0 Å². The first kappa shape index (κ1) is 11.6.